The number of benzene rings is 1. The molecular weight excluding hydrogens is 352 g/mol. The Morgan fingerprint density at radius 3 is 2.82 bits per heavy atom. The highest BCUT2D eigenvalue weighted by atomic mass is 79.9. The van der Waals surface area contributed by atoms with Crippen LogP contribution in [0.5, 0.6) is 5.75 Å². The van der Waals surface area contributed by atoms with Crippen molar-refractivity contribution in [2.45, 2.75) is 0 Å². The molecule has 1 aromatic rings. The lowest BCUT2D eigenvalue weighted by Crippen LogP contribution is -1.99. The average molecular weight is 362 g/mol. The Kier molecular flexibility index (Phi) is 5.44. The third kappa shape index (κ3) is 4.75. The lowest BCUT2D eigenvalue weighted by Gasteiger charge is -2.10. The van der Waals surface area contributed by atoms with Crippen molar-refractivity contribution in [1.82, 2.24) is 0 Å². The van der Waals surface area contributed by atoms with Crippen molar-refractivity contribution in [1.29, 1.82) is 0 Å². The minimum absolute atomic E-state index is 0.316. The van der Waals surface area contributed by atoms with Gasteiger partial charge in [-0.15, -0.1) is 0 Å². The smallest absolute Gasteiger partial charge is 0.328 e. The molecule has 5 heteroatoms. The third-order valence-corrected chi connectivity index (χ3v) is 2.63. The van der Waals surface area contributed by atoms with E-state index in [0.29, 0.717) is 22.4 Å². The molecule has 0 fully saturated rings. The number of rotatable bonds is 5. The number of carboxylic acid groups (broad SMARTS) is 1. The first kappa shape index (κ1) is 14.0. The molecule has 0 aliphatic heterocycles. The molecule has 0 aliphatic rings. The van der Waals surface area contributed by atoms with Gasteiger partial charge in [0.2, 0.25) is 0 Å². The summed E-state index contributed by atoms with van der Waals surface area (Å²) in [6.07, 6.45) is 2.55. The maximum Gasteiger partial charge on any atom is 0.328 e. The molecule has 0 saturated heterocycles. The number of carboxylic acids is 1. The van der Waals surface area contributed by atoms with Crippen molar-refractivity contribution in [2.75, 3.05) is 6.61 Å². The molecule has 0 bridgehead atoms. The van der Waals surface area contributed by atoms with E-state index in [4.69, 9.17) is 9.84 Å². The van der Waals surface area contributed by atoms with Crippen molar-refractivity contribution in [3.63, 3.8) is 0 Å². The summed E-state index contributed by atoms with van der Waals surface area (Å²) in [6.45, 7) is 3.98. The molecule has 0 radical (unpaired) electrons. The van der Waals surface area contributed by atoms with Crippen molar-refractivity contribution in [3.8, 4) is 5.75 Å². The largest absolute Gasteiger partial charge is 0.487 e. The maximum absolute atomic E-state index is 10.5. The van der Waals surface area contributed by atoms with Gasteiger partial charge < -0.3 is 9.84 Å². The Hall–Kier alpha value is -1.07. The Morgan fingerprint density at radius 2 is 2.24 bits per heavy atom. The molecule has 0 unspecified atom stereocenters. The standard InChI is InChI=1S/C12H10Br2O3/c1-8(13)7-17-12-9(5-6-11(15)16)3-2-4-10(12)14/h2-6H,1,7H2,(H,15,16). The van der Waals surface area contributed by atoms with Crippen molar-refractivity contribution in [3.05, 3.63) is 45.4 Å². The maximum atomic E-state index is 10.5. The molecule has 1 aromatic carbocycles. The number of ether oxygens (including phenoxy) is 1. The number of halogens is 2. The molecule has 0 atom stereocenters. The number of carbonyl (C=O) groups is 1. The van der Waals surface area contributed by atoms with E-state index in [1.165, 1.54) is 6.08 Å². The lowest BCUT2D eigenvalue weighted by molar-refractivity contribution is -0.131. The molecule has 0 aliphatic carbocycles. The second-order valence-corrected chi connectivity index (χ2v) is 5.11. The van der Waals surface area contributed by atoms with Crippen molar-refractivity contribution >= 4 is 43.9 Å². The molecule has 0 aromatic heterocycles. The van der Waals surface area contributed by atoms with Crippen LogP contribution >= 0.6 is 31.9 Å². The first-order valence-corrected chi connectivity index (χ1v) is 6.25. The number of hydrogen-bond acceptors (Lipinski definition) is 2. The Morgan fingerprint density at radius 1 is 1.53 bits per heavy atom. The highest BCUT2D eigenvalue weighted by Gasteiger charge is 2.06. The van der Waals surface area contributed by atoms with Crippen molar-refractivity contribution < 1.29 is 14.6 Å². The third-order valence-electron chi connectivity index (χ3n) is 1.78. The molecule has 0 spiro atoms. The SMILES string of the molecule is C=C(Br)COc1c(Br)cccc1C=CC(=O)O. The van der Waals surface area contributed by atoms with Crippen LogP contribution in [0, 0.1) is 0 Å². The van der Waals surface area contributed by atoms with Crippen LogP contribution < -0.4 is 4.74 Å². The highest BCUT2D eigenvalue weighted by molar-refractivity contribution is 9.11. The molecule has 1 rings (SSSR count). The predicted molar refractivity (Wildman–Crippen MR) is 74.4 cm³/mol. The molecule has 1 N–H and O–H groups in total. The summed E-state index contributed by atoms with van der Waals surface area (Å²) in [7, 11) is 0. The van der Waals surface area contributed by atoms with Crippen LogP contribution in [-0.2, 0) is 4.79 Å². The van der Waals surface area contributed by atoms with Crippen LogP contribution in [0.1, 0.15) is 5.56 Å². The van der Waals surface area contributed by atoms with Gasteiger partial charge >= 0.3 is 5.97 Å². The molecule has 0 heterocycles. The monoisotopic (exact) mass is 360 g/mol. The Balaban J connectivity index is 2.99. The highest BCUT2D eigenvalue weighted by Crippen LogP contribution is 2.30. The fraction of sp³-hybridized carbons (Fsp3) is 0.0833. The number of para-hydroxylation sites is 1. The van der Waals surface area contributed by atoms with Crippen LogP contribution in [0.15, 0.2) is 39.8 Å². The zero-order valence-corrected chi connectivity index (χ0v) is 12.0. The van der Waals surface area contributed by atoms with Crippen LogP contribution in [0.3, 0.4) is 0 Å². The van der Waals surface area contributed by atoms with Crippen LogP contribution in [-0.4, -0.2) is 17.7 Å². The Labute approximate surface area is 116 Å². The van der Waals surface area contributed by atoms with Crippen LogP contribution in [0.25, 0.3) is 6.08 Å². The van der Waals surface area contributed by atoms with Gasteiger partial charge in [-0.25, -0.2) is 4.79 Å². The minimum Gasteiger partial charge on any atom is -0.487 e. The quantitative estimate of drug-likeness (QED) is 0.810. The molecule has 17 heavy (non-hydrogen) atoms. The van der Waals surface area contributed by atoms with E-state index in [1.807, 2.05) is 6.07 Å². The van der Waals surface area contributed by atoms with Crippen molar-refractivity contribution in [2.24, 2.45) is 0 Å². The van der Waals surface area contributed by atoms with Gasteiger partial charge in [0.1, 0.15) is 12.4 Å². The summed E-state index contributed by atoms with van der Waals surface area (Å²) in [5.41, 5.74) is 0.690. The van der Waals surface area contributed by atoms with Gasteiger partial charge in [-0.1, -0.05) is 34.6 Å². The second-order valence-electron chi connectivity index (χ2n) is 3.14. The first-order valence-electron chi connectivity index (χ1n) is 4.66. The van der Waals surface area contributed by atoms with E-state index >= 15 is 0 Å². The fourth-order valence-electron chi connectivity index (χ4n) is 1.12. The summed E-state index contributed by atoms with van der Waals surface area (Å²) in [4.78, 5) is 10.5. The molecule has 90 valence electrons. The molecule has 3 nitrogen and oxygen atoms in total. The second kappa shape index (κ2) is 6.61. The van der Waals surface area contributed by atoms with Gasteiger partial charge in [0.15, 0.2) is 0 Å². The van der Waals surface area contributed by atoms with Crippen LogP contribution in [0.4, 0.5) is 0 Å². The van der Waals surface area contributed by atoms with Gasteiger partial charge in [-0.2, -0.15) is 0 Å². The van der Waals surface area contributed by atoms with Gasteiger partial charge in [0.25, 0.3) is 0 Å². The average Bonchev–Trinajstić information content (AvgIpc) is 2.24. The van der Waals surface area contributed by atoms with Gasteiger partial charge in [0.05, 0.1) is 4.47 Å². The van der Waals surface area contributed by atoms with E-state index in [2.05, 4.69) is 38.4 Å². The predicted octanol–water partition coefficient (Wildman–Crippen LogP) is 3.83. The summed E-state index contributed by atoms with van der Waals surface area (Å²) in [5.74, 6) is -0.411. The molecular formula is C12H10Br2O3. The summed E-state index contributed by atoms with van der Waals surface area (Å²) >= 11 is 6.55. The van der Waals surface area contributed by atoms with E-state index < -0.39 is 5.97 Å². The normalized spacial score (nSPS) is 10.5. The fourth-order valence-corrected chi connectivity index (χ4v) is 1.73. The zero-order chi connectivity index (χ0) is 12.8. The van der Waals surface area contributed by atoms with E-state index in [9.17, 15) is 4.79 Å². The summed E-state index contributed by atoms with van der Waals surface area (Å²) in [6, 6.07) is 5.41. The zero-order valence-electron chi connectivity index (χ0n) is 8.82. The molecule has 0 amide bonds. The molecule has 0 saturated carbocycles. The number of aliphatic carboxylic acids is 1. The topological polar surface area (TPSA) is 46.5 Å². The first-order chi connectivity index (χ1) is 8.00. The lowest BCUT2D eigenvalue weighted by atomic mass is 10.2. The Bertz CT molecular complexity index is 467. The van der Waals surface area contributed by atoms with Crippen LogP contribution in [0.2, 0.25) is 0 Å². The number of hydrogen-bond donors (Lipinski definition) is 1. The minimum atomic E-state index is -0.999. The van der Waals surface area contributed by atoms with Gasteiger partial charge in [-0.05, 0) is 28.1 Å². The van der Waals surface area contributed by atoms with E-state index in [0.717, 1.165) is 10.5 Å². The van der Waals surface area contributed by atoms with E-state index in [1.54, 1.807) is 12.1 Å². The summed E-state index contributed by atoms with van der Waals surface area (Å²) in [5, 5.41) is 8.59. The van der Waals surface area contributed by atoms with Gasteiger partial charge in [0, 0.05) is 16.1 Å². The van der Waals surface area contributed by atoms with E-state index in [-0.39, 0.29) is 0 Å². The summed E-state index contributed by atoms with van der Waals surface area (Å²) < 4.78 is 7.00. The van der Waals surface area contributed by atoms with Gasteiger partial charge in [-0.3, -0.25) is 0 Å².